The van der Waals surface area contributed by atoms with E-state index in [1.807, 2.05) is 0 Å². The third kappa shape index (κ3) is 5.29. The molecule has 2 atom stereocenters. The molecule has 0 heterocycles. The number of rotatable bonds is 7. The Morgan fingerprint density at radius 1 is 1.29 bits per heavy atom. The Hall–Kier alpha value is -0.930. The van der Waals surface area contributed by atoms with Crippen LogP contribution in [-0.2, 0) is 27.2 Å². The molecule has 0 aromatic rings. The number of carboxylic acid groups (broad SMARTS) is 2. The maximum Gasteiger partial charge on any atom is 0.325 e. The van der Waals surface area contributed by atoms with Gasteiger partial charge < -0.3 is 33.1 Å². The third-order valence-electron chi connectivity index (χ3n) is 1.97. The normalized spacial score (nSPS) is 13.8. The predicted molar refractivity (Wildman–Crippen MR) is 64.3 cm³/mol. The summed E-state index contributed by atoms with van der Waals surface area (Å²) in [5.41, 5.74) is 5.20. The zero-order valence-corrected chi connectivity index (χ0v) is 10.5. The smallest absolute Gasteiger partial charge is 0.325 e. The van der Waals surface area contributed by atoms with Crippen LogP contribution in [0.5, 0.6) is 0 Å². The number of amides is 1. The molecule has 0 radical (unpaired) electrons. The lowest BCUT2D eigenvalue weighted by Crippen LogP contribution is -2.43. The van der Waals surface area contributed by atoms with E-state index in [1.165, 1.54) is 0 Å². The summed E-state index contributed by atoms with van der Waals surface area (Å²) in [5, 5.41) is 17.2. The first-order chi connectivity index (χ1) is 7.81. The van der Waals surface area contributed by atoms with Gasteiger partial charge in [0.1, 0.15) is 12.1 Å². The highest BCUT2D eigenvalue weighted by atomic mass is 32.1. The molecule has 0 rings (SSSR count). The van der Waals surface area contributed by atoms with E-state index in [2.05, 4.69) is 25.4 Å². The van der Waals surface area contributed by atoms with Crippen LogP contribution in [0.4, 0.5) is 0 Å². The molecule has 0 aromatic heterocycles. The topological polar surface area (TPSA) is 121 Å². The number of hydrogen-bond acceptors (Lipinski definition) is 6. The zero-order valence-electron chi connectivity index (χ0n) is 8.78. The van der Waals surface area contributed by atoms with Crippen molar-refractivity contribution in [3.8, 4) is 0 Å². The summed E-state index contributed by atoms with van der Waals surface area (Å²) in [6.45, 7) is 0. The van der Waals surface area contributed by atoms with Crippen molar-refractivity contribution in [2.45, 2.75) is 24.9 Å². The molecule has 0 unspecified atom stereocenters. The van der Waals surface area contributed by atoms with Crippen LogP contribution in [0.3, 0.4) is 0 Å². The Bertz CT molecular complexity index is 312. The van der Waals surface area contributed by atoms with E-state index >= 15 is 0 Å². The summed E-state index contributed by atoms with van der Waals surface area (Å²) in [5.74, 6) is -3.25. The summed E-state index contributed by atoms with van der Waals surface area (Å²) in [4.78, 5) is 32.5. The van der Waals surface area contributed by atoms with Crippen LogP contribution in [0, 0.1) is 0 Å². The molecule has 9 heteroatoms. The lowest BCUT2D eigenvalue weighted by atomic mass is 10.1. The molecule has 0 bridgehead atoms. The first kappa shape index (κ1) is 16.1. The number of nitrogens with two attached hydrogens (primary N) is 1. The average molecular weight is 281 g/mol. The van der Waals surface area contributed by atoms with Crippen LogP contribution in [0.2, 0.25) is 0 Å². The molecule has 98 valence electrons. The van der Waals surface area contributed by atoms with E-state index in [0.29, 0.717) is 4.31 Å². The predicted octanol–water partition coefficient (Wildman–Crippen LogP) is -1.15. The fourth-order valence-corrected chi connectivity index (χ4v) is 1.62. The van der Waals surface area contributed by atoms with Crippen LogP contribution in [0.25, 0.3) is 0 Å². The molecule has 0 saturated carbocycles. The molecule has 1 amide bonds. The minimum atomic E-state index is -1.26. The Morgan fingerprint density at radius 2 is 1.82 bits per heavy atom. The molecule has 4 N–H and O–H groups in total. The first-order valence-corrected chi connectivity index (χ1v) is 5.62. The van der Waals surface area contributed by atoms with Crippen molar-refractivity contribution in [1.29, 1.82) is 0 Å². The van der Waals surface area contributed by atoms with Gasteiger partial charge in [0.25, 0.3) is 0 Å². The van der Waals surface area contributed by atoms with Crippen molar-refractivity contribution < 1.29 is 24.6 Å². The number of carbonyl (C=O) groups is 3. The summed E-state index contributed by atoms with van der Waals surface area (Å²) in [6.07, 6.45) is -0.311. The van der Waals surface area contributed by atoms with Gasteiger partial charge >= 0.3 is 11.9 Å². The third-order valence-corrected chi connectivity index (χ3v) is 2.78. The van der Waals surface area contributed by atoms with E-state index in [-0.39, 0.29) is 18.6 Å². The van der Waals surface area contributed by atoms with Crippen LogP contribution >= 0.6 is 12.6 Å². The average Bonchev–Trinajstić information content (AvgIpc) is 2.25. The second-order valence-electron chi connectivity index (χ2n) is 3.24. The van der Waals surface area contributed by atoms with Gasteiger partial charge in [0.2, 0.25) is 5.91 Å². The number of thiol groups is 1. The number of hydrogen-bond donors (Lipinski definition) is 4. The Labute approximate surface area is 109 Å². The van der Waals surface area contributed by atoms with Crippen LogP contribution in [0.15, 0.2) is 0 Å². The number of carboxylic acids is 2. The van der Waals surface area contributed by atoms with E-state index in [0.717, 1.165) is 0 Å². The molecule has 17 heavy (non-hydrogen) atoms. The minimum Gasteiger partial charge on any atom is -0.663 e. The monoisotopic (exact) mass is 281 g/mol. The zero-order chi connectivity index (χ0) is 13.6. The standard InChI is InChI=1S/C8H13N2O5S2/c9-4(7(12)13)1-2-6(11)10(17)5(3-16)8(14)15/h4-5,16H,1-3,9H2,(H,12,13)(H,14,15)/q-1/t4-,5-/m0/s1. The molecule has 0 saturated heterocycles. The van der Waals surface area contributed by atoms with Gasteiger partial charge in [-0.25, -0.2) is 0 Å². The highest BCUT2D eigenvalue weighted by Crippen LogP contribution is 2.06. The van der Waals surface area contributed by atoms with Crippen molar-refractivity contribution in [2.24, 2.45) is 5.73 Å². The van der Waals surface area contributed by atoms with Gasteiger partial charge in [-0.2, -0.15) is 12.6 Å². The van der Waals surface area contributed by atoms with Crippen molar-refractivity contribution in [2.75, 3.05) is 5.75 Å². The van der Waals surface area contributed by atoms with Gasteiger partial charge in [-0.1, -0.05) is 0 Å². The van der Waals surface area contributed by atoms with Crippen molar-refractivity contribution in [3.05, 3.63) is 0 Å². The SMILES string of the molecule is N[C@@H](CCC(=O)N([S-])[C@@H](CS)C(=O)O)C(=O)O. The molecular formula is C8H13N2O5S2-. The van der Waals surface area contributed by atoms with Crippen molar-refractivity contribution in [1.82, 2.24) is 4.31 Å². The van der Waals surface area contributed by atoms with Crippen molar-refractivity contribution in [3.63, 3.8) is 0 Å². The molecular weight excluding hydrogens is 268 g/mol. The lowest BCUT2D eigenvalue weighted by molar-refractivity contribution is -0.145. The van der Waals surface area contributed by atoms with E-state index in [4.69, 9.17) is 15.9 Å². The summed E-state index contributed by atoms with van der Waals surface area (Å²) in [7, 11) is 0. The Kier molecular flexibility index (Phi) is 7.00. The largest absolute Gasteiger partial charge is 0.663 e. The van der Waals surface area contributed by atoms with Gasteiger partial charge in [0.05, 0.1) is 0 Å². The van der Waals surface area contributed by atoms with Crippen LogP contribution < -0.4 is 5.73 Å². The molecule has 0 aliphatic carbocycles. The molecule has 0 fully saturated rings. The quantitative estimate of drug-likeness (QED) is 0.343. The van der Waals surface area contributed by atoms with E-state index in [1.54, 1.807) is 0 Å². The molecule has 0 spiro atoms. The summed E-state index contributed by atoms with van der Waals surface area (Å²) >= 11 is 8.41. The van der Waals surface area contributed by atoms with Crippen LogP contribution in [0.1, 0.15) is 12.8 Å². The maximum atomic E-state index is 11.5. The highest BCUT2D eigenvalue weighted by molar-refractivity contribution is 7.80. The first-order valence-electron chi connectivity index (χ1n) is 4.62. The minimum absolute atomic E-state index is 0.0970. The Morgan fingerprint density at radius 3 is 2.18 bits per heavy atom. The fraction of sp³-hybridized carbons (Fsp3) is 0.625. The van der Waals surface area contributed by atoms with Gasteiger partial charge in [-0.05, 0) is 6.42 Å². The summed E-state index contributed by atoms with van der Waals surface area (Å²) in [6, 6.07) is -2.37. The van der Waals surface area contributed by atoms with E-state index < -0.39 is 29.9 Å². The molecule has 0 aliphatic rings. The molecule has 7 nitrogen and oxygen atoms in total. The molecule has 0 aromatic carbocycles. The van der Waals surface area contributed by atoms with E-state index in [9.17, 15) is 14.4 Å². The molecule has 0 aliphatic heterocycles. The number of nitrogens with zero attached hydrogens (tertiary/aromatic N) is 1. The highest BCUT2D eigenvalue weighted by Gasteiger charge is 2.21. The Balaban J connectivity index is 4.31. The second kappa shape index (κ2) is 7.41. The second-order valence-corrected chi connectivity index (χ2v) is 4.00. The fourth-order valence-electron chi connectivity index (χ4n) is 0.939. The van der Waals surface area contributed by atoms with Crippen LogP contribution in [-0.4, -0.2) is 50.2 Å². The van der Waals surface area contributed by atoms with Gasteiger partial charge in [-0.3, -0.25) is 14.4 Å². The number of aliphatic carboxylic acids is 2. The van der Waals surface area contributed by atoms with Crippen molar-refractivity contribution >= 4 is 43.3 Å². The summed E-state index contributed by atoms with van der Waals surface area (Å²) < 4.78 is 0.615. The van der Waals surface area contributed by atoms with Gasteiger partial charge in [-0.15, -0.1) is 0 Å². The van der Waals surface area contributed by atoms with Gasteiger partial charge in [0.15, 0.2) is 0 Å². The van der Waals surface area contributed by atoms with Gasteiger partial charge in [0, 0.05) is 12.2 Å². The lowest BCUT2D eigenvalue weighted by Gasteiger charge is -2.35. The number of carbonyl (C=O) groups excluding carboxylic acids is 1. The maximum absolute atomic E-state index is 11.5.